The molecule has 5 nitrogen and oxygen atoms in total. The standard InChI is InChI=1S/C25H29F2NO4.C3H8/c26-20-14-19(15-21(27)17-20)22-16-18-10-11-23(28-24(18)32-25(22)30)31-13-9-7-5-3-1-2-4-6-8-12-29;1-3-2/h10-11,14-17,29H,1-9,12-13H2;3H2,1-2H3. The van der Waals surface area contributed by atoms with Gasteiger partial charge in [0.05, 0.1) is 12.2 Å². The summed E-state index contributed by atoms with van der Waals surface area (Å²) in [5.41, 5.74) is -0.416. The van der Waals surface area contributed by atoms with Crippen molar-refractivity contribution in [1.82, 2.24) is 4.98 Å². The molecule has 0 unspecified atom stereocenters. The number of fused-ring (bicyclic) bond motifs is 1. The second kappa shape index (κ2) is 16.0. The molecule has 0 aliphatic carbocycles. The maximum Gasteiger partial charge on any atom is 0.345 e. The number of nitrogens with zero attached hydrogens (tertiary/aromatic N) is 1. The second-order valence-electron chi connectivity index (χ2n) is 8.61. The van der Waals surface area contributed by atoms with Crippen molar-refractivity contribution in [2.45, 2.75) is 78.1 Å². The van der Waals surface area contributed by atoms with Crippen molar-refractivity contribution in [2.75, 3.05) is 13.2 Å². The van der Waals surface area contributed by atoms with E-state index in [4.69, 9.17) is 14.3 Å². The molecule has 0 saturated carbocycles. The Morgan fingerprint density at radius 1 is 0.857 bits per heavy atom. The molecule has 0 atom stereocenters. The highest BCUT2D eigenvalue weighted by atomic mass is 19.1. The van der Waals surface area contributed by atoms with E-state index in [1.807, 2.05) is 0 Å². The van der Waals surface area contributed by atoms with Crippen LogP contribution >= 0.6 is 0 Å². The minimum Gasteiger partial charge on any atom is -0.478 e. The number of pyridine rings is 1. The van der Waals surface area contributed by atoms with E-state index in [9.17, 15) is 13.6 Å². The molecular weight excluding hydrogens is 452 g/mol. The van der Waals surface area contributed by atoms with Gasteiger partial charge in [-0.2, -0.15) is 4.98 Å². The number of rotatable bonds is 13. The quantitative estimate of drug-likeness (QED) is 0.253. The maximum atomic E-state index is 13.5. The van der Waals surface area contributed by atoms with Crippen LogP contribution < -0.4 is 10.4 Å². The van der Waals surface area contributed by atoms with Crippen molar-refractivity contribution in [3.63, 3.8) is 0 Å². The van der Waals surface area contributed by atoms with Gasteiger partial charge in [0.2, 0.25) is 11.6 Å². The topological polar surface area (TPSA) is 72.6 Å². The Labute approximate surface area is 206 Å². The van der Waals surface area contributed by atoms with Crippen LogP contribution in [0.25, 0.3) is 22.2 Å². The third-order valence-corrected chi connectivity index (χ3v) is 5.30. The van der Waals surface area contributed by atoms with Crippen molar-refractivity contribution in [3.8, 4) is 17.0 Å². The predicted molar refractivity (Wildman–Crippen MR) is 136 cm³/mol. The molecule has 0 spiro atoms. The lowest BCUT2D eigenvalue weighted by Gasteiger charge is -2.07. The van der Waals surface area contributed by atoms with Gasteiger partial charge in [0.25, 0.3) is 0 Å². The number of aliphatic hydroxyl groups is 1. The van der Waals surface area contributed by atoms with Gasteiger partial charge in [0.15, 0.2) is 0 Å². The summed E-state index contributed by atoms with van der Waals surface area (Å²) < 4.78 is 37.9. The Bertz CT molecular complexity index is 1060. The van der Waals surface area contributed by atoms with E-state index in [1.165, 1.54) is 38.2 Å². The summed E-state index contributed by atoms with van der Waals surface area (Å²) in [5.74, 6) is -1.16. The normalized spacial score (nSPS) is 10.8. The van der Waals surface area contributed by atoms with Crippen molar-refractivity contribution in [2.24, 2.45) is 0 Å². The Hall–Kier alpha value is -2.80. The summed E-state index contributed by atoms with van der Waals surface area (Å²) in [6.07, 6.45) is 11.2. The van der Waals surface area contributed by atoms with Gasteiger partial charge in [-0.15, -0.1) is 0 Å². The minimum absolute atomic E-state index is 0.0692. The fourth-order valence-electron chi connectivity index (χ4n) is 3.60. The van der Waals surface area contributed by atoms with Gasteiger partial charge in [-0.25, -0.2) is 13.6 Å². The molecule has 3 rings (SSSR count). The number of hydrogen-bond acceptors (Lipinski definition) is 5. The summed E-state index contributed by atoms with van der Waals surface area (Å²) in [5, 5.41) is 9.29. The second-order valence-corrected chi connectivity index (χ2v) is 8.61. The van der Waals surface area contributed by atoms with E-state index in [1.54, 1.807) is 12.1 Å². The number of aromatic nitrogens is 1. The Morgan fingerprint density at radius 2 is 1.43 bits per heavy atom. The van der Waals surface area contributed by atoms with Crippen LogP contribution in [0, 0.1) is 11.6 Å². The van der Waals surface area contributed by atoms with Crippen LogP contribution in [0.2, 0.25) is 0 Å². The SMILES string of the molecule is CCC.O=c1oc2nc(OCCCCCCCCCCCO)ccc2cc1-c1cc(F)cc(F)c1. The Kier molecular flexibility index (Phi) is 13.0. The first-order valence-electron chi connectivity index (χ1n) is 12.6. The van der Waals surface area contributed by atoms with Crippen molar-refractivity contribution in [3.05, 3.63) is 58.5 Å². The molecule has 35 heavy (non-hydrogen) atoms. The molecule has 0 saturated heterocycles. The van der Waals surface area contributed by atoms with Crippen molar-refractivity contribution < 1.29 is 23.0 Å². The largest absolute Gasteiger partial charge is 0.478 e. The van der Waals surface area contributed by atoms with Crippen LogP contribution in [0.1, 0.15) is 78.1 Å². The number of ether oxygens (including phenoxy) is 1. The molecular formula is C28H37F2NO4. The number of unbranched alkanes of at least 4 members (excludes halogenated alkanes) is 8. The number of aliphatic hydroxyl groups excluding tert-OH is 1. The molecule has 1 aromatic carbocycles. The maximum absolute atomic E-state index is 13.5. The minimum atomic E-state index is -0.764. The third-order valence-electron chi connectivity index (χ3n) is 5.30. The molecule has 0 aliphatic rings. The molecule has 2 aromatic heterocycles. The molecule has 7 heteroatoms. The van der Waals surface area contributed by atoms with Gasteiger partial charge in [-0.1, -0.05) is 65.2 Å². The highest BCUT2D eigenvalue weighted by molar-refractivity contribution is 5.79. The summed E-state index contributed by atoms with van der Waals surface area (Å²) >= 11 is 0. The Morgan fingerprint density at radius 3 is 2.03 bits per heavy atom. The van der Waals surface area contributed by atoms with Gasteiger partial charge in [0.1, 0.15) is 11.6 Å². The van der Waals surface area contributed by atoms with E-state index in [-0.39, 0.29) is 23.4 Å². The van der Waals surface area contributed by atoms with E-state index in [0.29, 0.717) is 17.9 Å². The fraction of sp³-hybridized carbons (Fsp3) is 0.500. The van der Waals surface area contributed by atoms with Gasteiger partial charge >= 0.3 is 5.63 Å². The average Bonchev–Trinajstić information content (AvgIpc) is 2.82. The molecule has 0 radical (unpaired) electrons. The monoisotopic (exact) mass is 489 g/mol. The Balaban J connectivity index is 0.00000137. The fourth-order valence-corrected chi connectivity index (χ4v) is 3.60. The lowest BCUT2D eigenvalue weighted by atomic mass is 10.1. The zero-order valence-electron chi connectivity index (χ0n) is 20.8. The van der Waals surface area contributed by atoms with Crippen LogP contribution in [-0.2, 0) is 0 Å². The van der Waals surface area contributed by atoms with E-state index < -0.39 is 17.3 Å². The van der Waals surface area contributed by atoms with E-state index >= 15 is 0 Å². The van der Waals surface area contributed by atoms with Crippen molar-refractivity contribution >= 4 is 11.1 Å². The first-order valence-corrected chi connectivity index (χ1v) is 12.6. The van der Waals surface area contributed by atoms with Crippen LogP contribution in [0.5, 0.6) is 5.88 Å². The third kappa shape index (κ3) is 10.1. The van der Waals surface area contributed by atoms with E-state index in [0.717, 1.165) is 50.3 Å². The highest BCUT2D eigenvalue weighted by Gasteiger charge is 2.12. The molecule has 3 aromatic rings. The summed E-state index contributed by atoms with van der Waals surface area (Å²) in [6.45, 7) is 5.06. The van der Waals surface area contributed by atoms with Gasteiger partial charge in [0, 0.05) is 24.1 Å². The highest BCUT2D eigenvalue weighted by Crippen LogP contribution is 2.23. The molecule has 0 amide bonds. The summed E-state index contributed by atoms with van der Waals surface area (Å²) in [7, 11) is 0. The van der Waals surface area contributed by atoms with Crippen LogP contribution in [0.4, 0.5) is 8.78 Å². The molecule has 2 heterocycles. The first-order chi connectivity index (χ1) is 17.0. The van der Waals surface area contributed by atoms with Gasteiger partial charge in [-0.05, 0) is 42.7 Å². The van der Waals surface area contributed by atoms with Gasteiger partial charge < -0.3 is 14.3 Å². The number of benzene rings is 1. The number of hydrogen-bond donors (Lipinski definition) is 1. The lowest BCUT2D eigenvalue weighted by molar-refractivity contribution is 0.282. The summed E-state index contributed by atoms with van der Waals surface area (Å²) in [4.78, 5) is 16.6. The zero-order chi connectivity index (χ0) is 25.5. The first kappa shape index (κ1) is 28.4. The summed E-state index contributed by atoms with van der Waals surface area (Å²) in [6, 6.07) is 7.82. The van der Waals surface area contributed by atoms with E-state index in [2.05, 4.69) is 18.8 Å². The lowest BCUT2D eigenvalue weighted by Crippen LogP contribution is -2.05. The molecule has 0 fully saturated rings. The molecule has 192 valence electrons. The van der Waals surface area contributed by atoms with Gasteiger partial charge in [-0.3, -0.25) is 0 Å². The molecule has 0 aliphatic heterocycles. The number of halogens is 2. The van der Waals surface area contributed by atoms with Crippen LogP contribution in [0.15, 0.2) is 45.6 Å². The smallest absolute Gasteiger partial charge is 0.345 e. The van der Waals surface area contributed by atoms with Crippen molar-refractivity contribution in [1.29, 1.82) is 0 Å². The predicted octanol–water partition coefficient (Wildman–Crippen LogP) is 7.43. The molecule has 1 N–H and O–H groups in total. The van der Waals surface area contributed by atoms with Crippen LogP contribution in [-0.4, -0.2) is 23.3 Å². The zero-order valence-corrected chi connectivity index (χ0v) is 20.8. The van der Waals surface area contributed by atoms with Crippen LogP contribution in [0.3, 0.4) is 0 Å². The molecule has 0 bridgehead atoms. The average molecular weight is 490 g/mol.